The van der Waals surface area contributed by atoms with E-state index < -0.39 is 11.6 Å². The first-order valence-corrected chi connectivity index (χ1v) is 9.23. The molecule has 8 heteroatoms. The van der Waals surface area contributed by atoms with Crippen LogP contribution in [0.1, 0.15) is 43.7 Å². The van der Waals surface area contributed by atoms with E-state index in [-0.39, 0.29) is 12.1 Å². The number of nitrogens with zero attached hydrogens (tertiary/aromatic N) is 3. The lowest BCUT2D eigenvalue weighted by atomic mass is 10.2. The topological polar surface area (TPSA) is 73.7 Å². The second kappa shape index (κ2) is 6.90. The van der Waals surface area contributed by atoms with Crippen molar-refractivity contribution < 1.29 is 19.1 Å². The second-order valence-electron chi connectivity index (χ2n) is 7.32. The van der Waals surface area contributed by atoms with Gasteiger partial charge in [0.15, 0.2) is 5.69 Å². The molecule has 0 spiro atoms. The summed E-state index contributed by atoms with van der Waals surface area (Å²) in [6, 6.07) is 5.47. The monoisotopic (exact) mass is 423 g/mol. The van der Waals surface area contributed by atoms with Crippen LogP contribution in [0.3, 0.4) is 0 Å². The van der Waals surface area contributed by atoms with Crippen LogP contribution >= 0.6 is 15.9 Å². The van der Waals surface area contributed by atoms with Crippen molar-refractivity contribution in [3.63, 3.8) is 0 Å². The van der Waals surface area contributed by atoms with Crippen LogP contribution in [0.15, 0.2) is 22.7 Å². The lowest BCUT2D eigenvalue weighted by Crippen LogP contribution is -2.35. The van der Waals surface area contributed by atoms with Crippen molar-refractivity contribution >= 4 is 38.9 Å². The Morgan fingerprint density at radius 1 is 1.31 bits per heavy atom. The summed E-state index contributed by atoms with van der Waals surface area (Å²) in [5, 5.41) is 5.31. The van der Waals surface area contributed by atoms with Crippen molar-refractivity contribution in [2.75, 3.05) is 20.2 Å². The maximum absolute atomic E-state index is 12.4. The number of methoxy groups -OCH3 is 1. The van der Waals surface area contributed by atoms with Crippen LogP contribution in [0, 0.1) is 0 Å². The van der Waals surface area contributed by atoms with E-state index in [1.54, 1.807) is 9.58 Å². The molecule has 0 radical (unpaired) electrons. The lowest BCUT2D eigenvalue weighted by Gasteiger charge is -2.24. The fourth-order valence-corrected chi connectivity index (χ4v) is 3.43. The van der Waals surface area contributed by atoms with Crippen molar-refractivity contribution in [2.24, 2.45) is 0 Å². The smallest absolute Gasteiger partial charge is 0.410 e. The summed E-state index contributed by atoms with van der Waals surface area (Å²) >= 11 is 3.43. The van der Waals surface area contributed by atoms with E-state index in [9.17, 15) is 9.59 Å². The molecular formula is C18H22BrN3O4. The average Bonchev–Trinajstić information content (AvgIpc) is 3.16. The number of fused-ring (bicyclic) bond motifs is 1. The minimum absolute atomic E-state index is 0.109. The van der Waals surface area contributed by atoms with E-state index in [0.29, 0.717) is 30.7 Å². The number of amides is 1. The van der Waals surface area contributed by atoms with Gasteiger partial charge < -0.3 is 14.4 Å². The average molecular weight is 424 g/mol. The van der Waals surface area contributed by atoms with Gasteiger partial charge in [0.25, 0.3) is 0 Å². The van der Waals surface area contributed by atoms with Crippen LogP contribution in [-0.4, -0.2) is 52.5 Å². The summed E-state index contributed by atoms with van der Waals surface area (Å²) in [6.07, 6.45) is 0.345. The molecule has 1 fully saturated rings. The van der Waals surface area contributed by atoms with Gasteiger partial charge in [0.1, 0.15) is 5.60 Å². The molecule has 3 rings (SSSR count). The number of aromatic nitrogens is 2. The summed E-state index contributed by atoms with van der Waals surface area (Å²) in [6.45, 7) is 6.51. The molecule has 0 aliphatic carbocycles. The number of halogens is 1. The van der Waals surface area contributed by atoms with Crippen molar-refractivity contribution in [1.82, 2.24) is 14.7 Å². The SMILES string of the molecule is COC(=O)c1c2cc(Br)ccc2nn1[C@@H]1CCN(C(=O)OC(C)(C)C)C1. The van der Waals surface area contributed by atoms with Gasteiger partial charge in [-0.1, -0.05) is 15.9 Å². The van der Waals surface area contributed by atoms with Gasteiger partial charge in [0.05, 0.1) is 18.7 Å². The van der Waals surface area contributed by atoms with Gasteiger partial charge in [-0.2, -0.15) is 5.10 Å². The van der Waals surface area contributed by atoms with Crippen molar-refractivity contribution in [2.45, 2.75) is 38.8 Å². The number of carbonyl (C=O) groups excluding carboxylic acids is 2. The molecule has 2 heterocycles. The second-order valence-corrected chi connectivity index (χ2v) is 8.23. The Morgan fingerprint density at radius 3 is 2.69 bits per heavy atom. The Hall–Kier alpha value is -2.09. The predicted molar refractivity (Wildman–Crippen MR) is 100 cm³/mol. The van der Waals surface area contributed by atoms with Crippen LogP contribution in [0.5, 0.6) is 0 Å². The molecule has 1 amide bonds. The molecule has 0 bridgehead atoms. The minimum Gasteiger partial charge on any atom is -0.464 e. The molecule has 1 aliphatic heterocycles. The summed E-state index contributed by atoms with van der Waals surface area (Å²) in [7, 11) is 1.35. The maximum atomic E-state index is 12.4. The molecule has 1 aromatic carbocycles. The fraction of sp³-hybridized carbons (Fsp3) is 0.500. The third-order valence-corrected chi connectivity index (χ3v) is 4.69. The highest BCUT2D eigenvalue weighted by Gasteiger charge is 2.34. The Labute approximate surface area is 160 Å². The molecule has 1 aliphatic rings. The van der Waals surface area contributed by atoms with Gasteiger partial charge in [0.2, 0.25) is 0 Å². The number of carbonyl (C=O) groups is 2. The van der Waals surface area contributed by atoms with Crippen LogP contribution < -0.4 is 0 Å². The summed E-state index contributed by atoms with van der Waals surface area (Å²) in [5.41, 5.74) is 0.572. The number of hydrogen-bond donors (Lipinski definition) is 0. The van der Waals surface area contributed by atoms with Crippen LogP contribution in [0.25, 0.3) is 10.9 Å². The highest BCUT2D eigenvalue weighted by atomic mass is 79.9. The first-order chi connectivity index (χ1) is 12.2. The molecule has 1 atom stereocenters. The summed E-state index contributed by atoms with van der Waals surface area (Å²) < 4.78 is 12.9. The molecule has 26 heavy (non-hydrogen) atoms. The van der Waals surface area contributed by atoms with Crippen LogP contribution in [0.2, 0.25) is 0 Å². The molecule has 2 aromatic rings. The zero-order valence-electron chi connectivity index (χ0n) is 15.3. The lowest BCUT2D eigenvalue weighted by molar-refractivity contribution is 0.0288. The highest BCUT2D eigenvalue weighted by Crippen LogP contribution is 2.30. The number of hydrogen-bond acceptors (Lipinski definition) is 5. The number of benzene rings is 1. The van der Waals surface area contributed by atoms with Gasteiger partial charge in [-0.3, -0.25) is 4.68 Å². The van der Waals surface area contributed by atoms with E-state index in [2.05, 4.69) is 21.0 Å². The van der Waals surface area contributed by atoms with E-state index in [4.69, 9.17) is 9.47 Å². The van der Waals surface area contributed by atoms with Gasteiger partial charge in [-0.15, -0.1) is 0 Å². The van der Waals surface area contributed by atoms with Crippen molar-refractivity contribution in [3.8, 4) is 0 Å². The molecule has 1 aromatic heterocycles. The third kappa shape index (κ3) is 3.70. The Bertz CT molecular complexity index is 856. The Kier molecular flexibility index (Phi) is 4.96. The number of ether oxygens (including phenoxy) is 2. The van der Waals surface area contributed by atoms with E-state index >= 15 is 0 Å². The zero-order valence-corrected chi connectivity index (χ0v) is 16.9. The zero-order chi connectivity index (χ0) is 19.1. The largest absolute Gasteiger partial charge is 0.464 e. The van der Waals surface area contributed by atoms with Gasteiger partial charge in [0, 0.05) is 22.9 Å². The van der Waals surface area contributed by atoms with E-state index in [1.165, 1.54) is 7.11 Å². The Morgan fingerprint density at radius 2 is 2.04 bits per heavy atom. The third-order valence-electron chi connectivity index (χ3n) is 4.20. The van der Waals surface area contributed by atoms with Crippen molar-refractivity contribution in [3.05, 3.63) is 28.4 Å². The first-order valence-electron chi connectivity index (χ1n) is 8.43. The van der Waals surface area contributed by atoms with Gasteiger partial charge in [-0.25, -0.2) is 9.59 Å². The Balaban J connectivity index is 1.91. The number of likely N-dealkylation sites (tertiary alicyclic amines) is 1. The molecule has 1 saturated heterocycles. The van der Waals surface area contributed by atoms with Gasteiger partial charge in [-0.05, 0) is 45.4 Å². The molecule has 7 nitrogen and oxygen atoms in total. The van der Waals surface area contributed by atoms with Gasteiger partial charge >= 0.3 is 12.1 Å². The molecule has 0 N–H and O–H groups in total. The normalized spacial score (nSPS) is 17.6. The van der Waals surface area contributed by atoms with E-state index in [1.807, 2.05) is 39.0 Å². The molecule has 0 unspecified atom stereocenters. The fourth-order valence-electron chi connectivity index (χ4n) is 3.07. The minimum atomic E-state index is -0.543. The summed E-state index contributed by atoms with van der Waals surface area (Å²) in [5.74, 6) is -0.443. The van der Waals surface area contributed by atoms with Crippen LogP contribution in [-0.2, 0) is 9.47 Å². The molecule has 0 saturated carbocycles. The number of rotatable bonds is 2. The van der Waals surface area contributed by atoms with Crippen molar-refractivity contribution in [1.29, 1.82) is 0 Å². The maximum Gasteiger partial charge on any atom is 0.410 e. The standard InChI is InChI=1S/C18H22BrN3O4/c1-18(2,3)26-17(24)21-8-7-12(10-21)22-15(16(23)25-4)13-9-11(19)5-6-14(13)20-22/h5-6,9,12H,7-8,10H2,1-4H3/t12-/m1/s1. The quantitative estimate of drug-likeness (QED) is 0.687. The first kappa shape index (κ1) is 18.7. The molecular weight excluding hydrogens is 402 g/mol. The van der Waals surface area contributed by atoms with E-state index in [0.717, 1.165) is 9.86 Å². The molecule has 140 valence electrons. The summed E-state index contributed by atoms with van der Waals surface area (Å²) in [4.78, 5) is 26.3. The van der Waals surface area contributed by atoms with Crippen LogP contribution in [0.4, 0.5) is 4.79 Å². The highest BCUT2D eigenvalue weighted by molar-refractivity contribution is 9.10. The predicted octanol–water partition coefficient (Wildman–Crippen LogP) is 3.77. The number of esters is 1.